The standard InChI is InChI=1S/C16H18N2O3/c1-2-18(11-12-6-5-9-20-12)16(19)15-10-17-13-7-3-4-8-14(13)21-15/h3-9,15,17H,2,10-11H2,1H3. The third kappa shape index (κ3) is 2.86. The SMILES string of the molecule is CCN(Cc1ccco1)C(=O)C1CNc2ccccc2O1. The molecule has 21 heavy (non-hydrogen) atoms. The lowest BCUT2D eigenvalue weighted by Crippen LogP contribution is -2.46. The first-order valence-corrected chi connectivity index (χ1v) is 7.08. The summed E-state index contributed by atoms with van der Waals surface area (Å²) in [5, 5.41) is 3.24. The minimum Gasteiger partial charge on any atom is -0.477 e. The van der Waals surface area contributed by atoms with Gasteiger partial charge in [-0.3, -0.25) is 4.79 Å². The number of nitrogens with one attached hydrogen (secondary N) is 1. The summed E-state index contributed by atoms with van der Waals surface area (Å²) in [5.41, 5.74) is 0.927. The normalized spacial score (nSPS) is 16.5. The molecule has 1 aromatic carbocycles. The van der Waals surface area contributed by atoms with Crippen LogP contribution in [0.5, 0.6) is 5.75 Å². The van der Waals surface area contributed by atoms with Crippen molar-refractivity contribution in [3.8, 4) is 5.75 Å². The van der Waals surface area contributed by atoms with Gasteiger partial charge in [0.25, 0.3) is 5.91 Å². The summed E-state index contributed by atoms with van der Waals surface area (Å²) < 4.78 is 11.1. The van der Waals surface area contributed by atoms with Crippen LogP contribution in [0.25, 0.3) is 0 Å². The maximum atomic E-state index is 12.6. The van der Waals surface area contributed by atoms with Crippen molar-refractivity contribution < 1.29 is 13.9 Å². The van der Waals surface area contributed by atoms with E-state index >= 15 is 0 Å². The highest BCUT2D eigenvalue weighted by atomic mass is 16.5. The van der Waals surface area contributed by atoms with Crippen LogP contribution in [0.2, 0.25) is 0 Å². The van der Waals surface area contributed by atoms with E-state index < -0.39 is 6.10 Å². The molecule has 1 aromatic heterocycles. The lowest BCUT2D eigenvalue weighted by atomic mass is 10.2. The number of benzene rings is 1. The summed E-state index contributed by atoms with van der Waals surface area (Å²) in [4.78, 5) is 14.3. The maximum Gasteiger partial charge on any atom is 0.265 e. The fraction of sp³-hybridized carbons (Fsp3) is 0.312. The number of para-hydroxylation sites is 2. The van der Waals surface area contributed by atoms with E-state index in [4.69, 9.17) is 9.15 Å². The third-order valence-electron chi connectivity index (χ3n) is 3.53. The van der Waals surface area contributed by atoms with Gasteiger partial charge in [0, 0.05) is 6.54 Å². The van der Waals surface area contributed by atoms with Gasteiger partial charge in [0.2, 0.25) is 0 Å². The van der Waals surface area contributed by atoms with Gasteiger partial charge in [0.15, 0.2) is 6.10 Å². The molecular weight excluding hydrogens is 268 g/mol. The van der Waals surface area contributed by atoms with E-state index in [0.717, 1.165) is 17.2 Å². The number of furan rings is 1. The maximum absolute atomic E-state index is 12.6. The van der Waals surface area contributed by atoms with E-state index in [1.807, 2.05) is 43.3 Å². The van der Waals surface area contributed by atoms with Crippen LogP contribution in [0.4, 0.5) is 5.69 Å². The fourth-order valence-corrected chi connectivity index (χ4v) is 2.39. The lowest BCUT2D eigenvalue weighted by molar-refractivity contribution is -0.139. The Labute approximate surface area is 123 Å². The zero-order chi connectivity index (χ0) is 14.7. The van der Waals surface area contributed by atoms with E-state index in [2.05, 4.69) is 5.32 Å². The highest BCUT2D eigenvalue weighted by molar-refractivity contribution is 5.83. The molecule has 1 N–H and O–H groups in total. The Morgan fingerprint density at radius 3 is 2.95 bits per heavy atom. The average Bonchev–Trinajstić information content (AvgIpc) is 3.04. The number of nitrogens with zero attached hydrogens (tertiary/aromatic N) is 1. The molecule has 2 aromatic rings. The van der Waals surface area contributed by atoms with Crippen LogP contribution in [0.15, 0.2) is 47.1 Å². The van der Waals surface area contributed by atoms with Gasteiger partial charge in [-0.15, -0.1) is 0 Å². The summed E-state index contributed by atoms with van der Waals surface area (Å²) in [6.45, 7) is 3.50. The van der Waals surface area contributed by atoms with Gasteiger partial charge in [-0.1, -0.05) is 12.1 Å². The van der Waals surface area contributed by atoms with E-state index in [0.29, 0.717) is 19.6 Å². The number of amides is 1. The van der Waals surface area contributed by atoms with Gasteiger partial charge in [-0.2, -0.15) is 0 Å². The highest BCUT2D eigenvalue weighted by Crippen LogP contribution is 2.28. The molecule has 0 radical (unpaired) electrons. The Balaban J connectivity index is 1.70. The molecular formula is C16H18N2O3. The van der Waals surface area contributed by atoms with Crippen LogP contribution in [0.3, 0.4) is 0 Å². The van der Waals surface area contributed by atoms with Gasteiger partial charge >= 0.3 is 0 Å². The molecule has 5 heteroatoms. The minimum absolute atomic E-state index is 0.0316. The topological polar surface area (TPSA) is 54.7 Å². The molecule has 3 rings (SSSR count). The van der Waals surface area contributed by atoms with Crippen molar-refractivity contribution in [1.29, 1.82) is 0 Å². The van der Waals surface area contributed by atoms with Crippen LogP contribution >= 0.6 is 0 Å². The molecule has 0 fully saturated rings. The van der Waals surface area contributed by atoms with Crippen molar-refractivity contribution in [2.24, 2.45) is 0 Å². The first-order valence-electron chi connectivity index (χ1n) is 7.08. The van der Waals surface area contributed by atoms with Crippen molar-refractivity contribution in [2.75, 3.05) is 18.4 Å². The van der Waals surface area contributed by atoms with Crippen molar-refractivity contribution in [3.05, 3.63) is 48.4 Å². The Morgan fingerprint density at radius 2 is 2.19 bits per heavy atom. The van der Waals surface area contributed by atoms with Crippen molar-refractivity contribution in [3.63, 3.8) is 0 Å². The molecule has 0 spiro atoms. The number of hydrogen-bond acceptors (Lipinski definition) is 4. The van der Waals surface area contributed by atoms with Crippen LogP contribution in [-0.2, 0) is 11.3 Å². The number of likely N-dealkylation sites (N-methyl/N-ethyl adjacent to an activating group) is 1. The Hall–Kier alpha value is -2.43. The molecule has 2 heterocycles. The predicted octanol–water partition coefficient (Wildman–Crippen LogP) is 2.50. The van der Waals surface area contributed by atoms with Crippen molar-refractivity contribution in [1.82, 2.24) is 4.90 Å². The summed E-state index contributed by atoms with van der Waals surface area (Å²) in [6, 6.07) is 11.3. The second-order valence-corrected chi connectivity index (χ2v) is 4.92. The largest absolute Gasteiger partial charge is 0.477 e. The number of carbonyl (C=O) groups is 1. The molecule has 5 nitrogen and oxygen atoms in total. The highest BCUT2D eigenvalue weighted by Gasteiger charge is 2.29. The molecule has 0 saturated heterocycles. The van der Waals surface area contributed by atoms with Crippen molar-refractivity contribution in [2.45, 2.75) is 19.6 Å². The van der Waals surface area contributed by atoms with Gasteiger partial charge in [-0.25, -0.2) is 0 Å². The molecule has 1 unspecified atom stereocenters. The van der Waals surface area contributed by atoms with Gasteiger partial charge in [-0.05, 0) is 31.2 Å². The van der Waals surface area contributed by atoms with E-state index in [9.17, 15) is 4.79 Å². The van der Waals surface area contributed by atoms with E-state index in [1.54, 1.807) is 11.2 Å². The van der Waals surface area contributed by atoms with Crippen LogP contribution in [-0.4, -0.2) is 30.0 Å². The van der Waals surface area contributed by atoms with Crippen LogP contribution < -0.4 is 10.1 Å². The third-order valence-corrected chi connectivity index (χ3v) is 3.53. The first-order chi connectivity index (χ1) is 10.3. The minimum atomic E-state index is -0.505. The van der Waals surface area contributed by atoms with Crippen molar-refractivity contribution >= 4 is 11.6 Å². The number of fused-ring (bicyclic) bond motifs is 1. The Bertz CT molecular complexity index is 610. The van der Waals surface area contributed by atoms with E-state index in [1.165, 1.54) is 0 Å². The van der Waals surface area contributed by atoms with Crippen LogP contribution in [0, 0.1) is 0 Å². The van der Waals surface area contributed by atoms with Gasteiger partial charge in [0.1, 0.15) is 11.5 Å². The molecule has 110 valence electrons. The summed E-state index contributed by atoms with van der Waals surface area (Å²) in [7, 11) is 0. The molecule has 0 saturated carbocycles. The quantitative estimate of drug-likeness (QED) is 0.938. The van der Waals surface area contributed by atoms with E-state index in [-0.39, 0.29) is 5.91 Å². The summed E-state index contributed by atoms with van der Waals surface area (Å²) in [5.74, 6) is 1.46. The molecule has 1 aliphatic heterocycles. The monoisotopic (exact) mass is 286 g/mol. The second kappa shape index (κ2) is 5.91. The number of rotatable bonds is 4. The second-order valence-electron chi connectivity index (χ2n) is 4.92. The Morgan fingerprint density at radius 1 is 1.33 bits per heavy atom. The number of hydrogen-bond donors (Lipinski definition) is 1. The summed E-state index contributed by atoms with van der Waals surface area (Å²) >= 11 is 0. The van der Waals surface area contributed by atoms with Gasteiger partial charge in [0.05, 0.1) is 25.0 Å². The molecule has 1 amide bonds. The van der Waals surface area contributed by atoms with Gasteiger partial charge < -0.3 is 19.4 Å². The van der Waals surface area contributed by atoms with Crippen LogP contribution in [0.1, 0.15) is 12.7 Å². The molecule has 0 aliphatic carbocycles. The number of ether oxygens (including phenoxy) is 1. The zero-order valence-electron chi connectivity index (χ0n) is 11.9. The Kier molecular flexibility index (Phi) is 3.81. The molecule has 1 atom stereocenters. The average molecular weight is 286 g/mol. The zero-order valence-corrected chi connectivity index (χ0v) is 11.9. The number of anilines is 1. The lowest BCUT2D eigenvalue weighted by Gasteiger charge is -2.30. The first kappa shape index (κ1) is 13.5. The molecule has 1 aliphatic rings. The smallest absolute Gasteiger partial charge is 0.265 e. The number of carbonyl (C=O) groups excluding carboxylic acids is 1. The fourth-order valence-electron chi connectivity index (χ4n) is 2.39. The molecule has 0 bridgehead atoms. The summed E-state index contributed by atoms with van der Waals surface area (Å²) in [6.07, 6.45) is 1.11. The predicted molar refractivity (Wildman–Crippen MR) is 79.1 cm³/mol.